The zero-order chi connectivity index (χ0) is 14.4. The Labute approximate surface area is 117 Å². The molecule has 0 spiro atoms. The molecule has 0 atom stereocenters. The lowest BCUT2D eigenvalue weighted by molar-refractivity contribution is -0.142. The average molecular weight is 333 g/mol. The van der Waals surface area contributed by atoms with Crippen LogP contribution in [-0.2, 0) is 21.3 Å². The quantitative estimate of drug-likeness (QED) is 0.614. The second-order valence-corrected chi connectivity index (χ2v) is 4.10. The summed E-state index contributed by atoms with van der Waals surface area (Å²) in [6.07, 6.45) is -2.08. The first-order valence-corrected chi connectivity index (χ1v) is 6.57. The molecule has 0 aliphatic heterocycles. The number of nitrogens with zero attached hydrogens (tertiary/aromatic N) is 2. The summed E-state index contributed by atoms with van der Waals surface area (Å²) < 4.78 is 30.9. The Hall–Kier alpha value is -1.55. The minimum atomic E-state index is -2.85. The Kier molecular flexibility index (Phi) is 5.83. The van der Waals surface area contributed by atoms with Gasteiger partial charge in [-0.25, -0.2) is 8.78 Å². The van der Waals surface area contributed by atoms with E-state index >= 15 is 0 Å². The largest absolute Gasteiger partial charge is 0.466 e. The van der Waals surface area contributed by atoms with E-state index in [-0.39, 0.29) is 29.5 Å². The van der Waals surface area contributed by atoms with E-state index in [1.54, 1.807) is 13.0 Å². The Morgan fingerprint density at radius 2 is 2.32 bits per heavy atom. The van der Waals surface area contributed by atoms with E-state index < -0.39 is 18.0 Å². The molecule has 0 N–H and O–H groups in total. The van der Waals surface area contributed by atoms with Gasteiger partial charge < -0.3 is 4.74 Å². The molecule has 0 saturated heterocycles. The first kappa shape index (κ1) is 15.5. The molecule has 0 aliphatic rings. The smallest absolute Gasteiger partial charge is 0.310 e. The van der Waals surface area contributed by atoms with E-state index in [1.165, 1.54) is 0 Å². The van der Waals surface area contributed by atoms with Crippen LogP contribution in [0.25, 0.3) is 0 Å². The van der Waals surface area contributed by atoms with Crippen molar-refractivity contribution >= 4 is 21.9 Å². The Morgan fingerprint density at radius 3 is 2.79 bits per heavy atom. The highest BCUT2D eigenvalue weighted by molar-refractivity contribution is 9.08. The van der Waals surface area contributed by atoms with E-state index in [0.29, 0.717) is 5.69 Å². The van der Waals surface area contributed by atoms with Crippen molar-refractivity contribution in [3.8, 4) is 6.07 Å². The number of carbonyl (C=O) groups is 1. The van der Waals surface area contributed by atoms with Crippen LogP contribution in [0, 0.1) is 11.3 Å². The molecule has 4 nitrogen and oxygen atoms in total. The first-order valence-electron chi connectivity index (χ1n) is 5.45. The minimum Gasteiger partial charge on any atom is -0.466 e. The first-order chi connectivity index (χ1) is 9.04. The number of alkyl halides is 3. The molecule has 102 valence electrons. The van der Waals surface area contributed by atoms with Crippen LogP contribution in [0.4, 0.5) is 8.78 Å². The highest BCUT2D eigenvalue weighted by Crippen LogP contribution is 2.29. The van der Waals surface area contributed by atoms with Gasteiger partial charge in [-0.3, -0.25) is 9.78 Å². The van der Waals surface area contributed by atoms with Crippen molar-refractivity contribution in [3.63, 3.8) is 0 Å². The third-order valence-corrected chi connectivity index (χ3v) is 2.94. The van der Waals surface area contributed by atoms with Crippen LogP contribution >= 0.6 is 15.9 Å². The Morgan fingerprint density at radius 1 is 1.63 bits per heavy atom. The molecule has 1 aromatic heterocycles. The van der Waals surface area contributed by atoms with Gasteiger partial charge in [0.05, 0.1) is 24.3 Å². The van der Waals surface area contributed by atoms with Crippen LogP contribution in [0.2, 0.25) is 0 Å². The number of halogens is 3. The Balaban J connectivity index is 3.31. The monoisotopic (exact) mass is 332 g/mol. The zero-order valence-corrected chi connectivity index (χ0v) is 11.7. The third kappa shape index (κ3) is 3.70. The molecule has 0 unspecified atom stereocenters. The van der Waals surface area contributed by atoms with Crippen LogP contribution in [0.15, 0.2) is 6.20 Å². The van der Waals surface area contributed by atoms with Crippen molar-refractivity contribution in [1.82, 2.24) is 4.98 Å². The molecule has 0 amide bonds. The highest BCUT2D eigenvalue weighted by atomic mass is 79.9. The molecule has 19 heavy (non-hydrogen) atoms. The highest BCUT2D eigenvalue weighted by Gasteiger charge is 2.23. The van der Waals surface area contributed by atoms with Crippen molar-refractivity contribution in [1.29, 1.82) is 5.26 Å². The van der Waals surface area contributed by atoms with E-state index in [0.717, 1.165) is 6.20 Å². The fraction of sp³-hybridized carbons (Fsp3) is 0.417. The molecule has 0 aliphatic carbocycles. The summed E-state index contributed by atoms with van der Waals surface area (Å²) in [4.78, 5) is 15.4. The van der Waals surface area contributed by atoms with Gasteiger partial charge in [-0.2, -0.15) is 5.26 Å². The van der Waals surface area contributed by atoms with Crippen LogP contribution in [0.5, 0.6) is 0 Å². The summed E-state index contributed by atoms with van der Waals surface area (Å²) in [7, 11) is 0. The number of ether oxygens (including phenoxy) is 1. The molecule has 1 heterocycles. The van der Waals surface area contributed by atoms with Crippen LogP contribution in [-0.4, -0.2) is 17.6 Å². The standard InChI is InChI=1S/C12H11BrF2N2O2/c1-2-19-10(18)3-8-9(4-13)17-6-7(5-16)11(8)12(14)15/h6,12H,2-4H2,1H3. The molecule has 0 radical (unpaired) electrons. The van der Waals surface area contributed by atoms with Gasteiger partial charge in [0.2, 0.25) is 0 Å². The molecular formula is C12H11BrF2N2O2. The van der Waals surface area contributed by atoms with Gasteiger partial charge in [0, 0.05) is 17.1 Å². The zero-order valence-electron chi connectivity index (χ0n) is 10.1. The van der Waals surface area contributed by atoms with Crippen LogP contribution in [0.3, 0.4) is 0 Å². The second kappa shape index (κ2) is 7.14. The molecule has 7 heteroatoms. The van der Waals surface area contributed by atoms with Crippen LogP contribution < -0.4 is 0 Å². The molecule has 0 fully saturated rings. The van der Waals surface area contributed by atoms with Gasteiger partial charge in [0.15, 0.2) is 0 Å². The number of hydrogen-bond donors (Lipinski definition) is 0. The third-order valence-electron chi connectivity index (χ3n) is 2.40. The number of nitriles is 1. The van der Waals surface area contributed by atoms with Gasteiger partial charge in [-0.15, -0.1) is 0 Å². The van der Waals surface area contributed by atoms with Crippen molar-refractivity contribution in [3.05, 3.63) is 28.6 Å². The lowest BCUT2D eigenvalue weighted by Gasteiger charge is -2.13. The number of aromatic nitrogens is 1. The summed E-state index contributed by atoms with van der Waals surface area (Å²) in [6, 6.07) is 1.66. The number of hydrogen-bond acceptors (Lipinski definition) is 4. The maximum atomic E-state index is 13.1. The molecule has 1 aromatic rings. The van der Waals surface area contributed by atoms with Crippen molar-refractivity contribution in [2.24, 2.45) is 0 Å². The lowest BCUT2D eigenvalue weighted by Crippen LogP contribution is -2.13. The number of rotatable bonds is 5. The predicted molar refractivity (Wildman–Crippen MR) is 66.9 cm³/mol. The van der Waals surface area contributed by atoms with E-state index in [2.05, 4.69) is 20.9 Å². The van der Waals surface area contributed by atoms with Crippen molar-refractivity contribution in [2.45, 2.75) is 25.1 Å². The summed E-state index contributed by atoms with van der Waals surface area (Å²) in [5.74, 6) is -0.622. The summed E-state index contributed by atoms with van der Waals surface area (Å²) in [5, 5.41) is 9.06. The number of esters is 1. The lowest BCUT2D eigenvalue weighted by atomic mass is 10.00. The SMILES string of the molecule is CCOC(=O)Cc1c(CBr)ncc(C#N)c1C(F)F. The van der Waals surface area contributed by atoms with E-state index in [1.807, 2.05) is 0 Å². The summed E-state index contributed by atoms with van der Waals surface area (Å²) in [5.41, 5.74) is -0.300. The second-order valence-electron chi connectivity index (χ2n) is 3.54. The summed E-state index contributed by atoms with van der Waals surface area (Å²) >= 11 is 3.12. The van der Waals surface area contributed by atoms with E-state index in [9.17, 15) is 13.6 Å². The maximum absolute atomic E-state index is 13.1. The topological polar surface area (TPSA) is 63.0 Å². The number of pyridine rings is 1. The fourth-order valence-electron chi connectivity index (χ4n) is 1.62. The fourth-order valence-corrected chi connectivity index (χ4v) is 2.10. The van der Waals surface area contributed by atoms with Crippen molar-refractivity contribution < 1.29 is 18.3 Å². The summed E-state index contributed by atoms with van der Waals surface area (Å²) in [6.45, 7) is 1.79. The van der Waals surface area contributed by atoms with Gasteiger partial charge >= 0.3 is 5.97 Å². The van der Waals surface area contributed by atoms with Gasteiger partial charge in [-0.05, 0) is 12.5 Å². The molecule has 0 bridgehead atoms. The average Bonchev–Trinajstić information content (AvgIpc) is 2.37. The molecule has 1 rings (SSSR count). The van der Waals surface area contributed by atoms with Crippen LogP contribution in [0.1, 0.15) is 35.7 Å². The van der Waals surface area contributed by atoms with Crippen molar-refractivity contribution in [2.75, 3.05) is 6.61 Å². The Bertz CT molecular complexity index is 515. The molecule has 0 aromatic carbocycles. The van der Waals surface area contributed by atoms with Gasteiger partial charge in [0.1, 0.15) is 6.07 Å². The molecular weight excluding hydrogens is 322 g/mol. The van der Waals surface area contributed by atoms with E-state index in [4.69, 9.17) is 10.00 Å². The molecule has 0 saturated carbocycles. The normalized spacial score (nSPS) is 10.3. The predicted octanol–water partition coefficient (Wildman–Crippen LogP) is 2.89. The number of carbonyl (C=O) groups excluding carboxylic acids is 1. The van der Waals surface area contributed by atoms with Gasteiger partial charge in [-0.1, -0.05) is 15.9 Å². The minimum absolute atomic E-state index is 0.0596. The maximum Gasteiger partial charge on any atom is 0.310 e. The van der Waals surface area contributed by atoms with Gasteiger partial charge in [0.25, 0.3) is 6.43 Å².